The third kappa shape index (κ3) is 5.42. The van der Waals surface area contributed by atoms with E-state index in [2.05, 4.69) is 5.32 Å². The minimum absolute atomic E-state index is 0.153. The van der Waals surface area contributed by atoms with Gasteiger partial charge in [0.2, 0.25) is 10.0 Å². The van der Waals surface area contributed by atoms with E-state index in [0.29, 0.717) is 32.0 Å². The van der Waals surface area contributed by atoms with Gasteiger partial charge in [0.25, 0.3) is 5.91 Å². The van der Waals surface area contributed by atoms with Gasteiger partial charge in [0.1, 0.15) is 6.54 Å². The van der Waals surface area contributed by atoms with Gasteiger partial charge in [0, 0.05) is 24.3 Å². The second-order valence-corrected chi connectivity index (χ2v) is 9.20. The zero-order chi connectivity index (χ0) is 20.9. The molecule has 3 rings (SSSR count). The average molecular weight is 419 g/mol. The van der Waals surface area contributed by atoms with E-state index in [1.807, 2.05) is 44.3 Å². The Kier molecular flexibility index (Phi) is 7.02. The number of sulfonamides is 1. The number of benzene rings is 2. The van der Waals surface area contributed by atoms with Gasteiger partial charge < -0.3 is 15.0 Å². The van der Waals surface area contributed by atoms with Gasteiger partial charge in [-0.1, -0.05) is 36.4 Å². The average Bonchev–Trinajstić information content (AvgIpc) is 2.74. The second-order valence-electron chi connectivity index (χ2n) is 7.26. The van der Waals surface area contributed by atoms with Gasteiger partial charge in [-0.2, -0.15) is 4.31 Å². The van der Waals surface area contributed by atoms with Gasteiger partial charge in [-0.05, 0) is 25.1 Å². The topological polar surface area (TPSA) is 80.2 Å². The van der Waals surface area contributed by atoms with Crippen LogP contribution in [0.2, 0.25) is 0 Å². The zero-order valence-corrected chi connectivity index (χ0v) is 17.6. The fourth-order valence-electron chi connectivity index (χ4n) is 3.22. The summed E-state index contributed by atoms with van der Waals surface area (Å²) >= 11 is 0. The smallest absolute Gasteiger partial charge is 0.282 e. The molecule has 0 spiro atoms. The number of rotatable bonds is 7. The maximum Gasteiger partial charge on any atom is 0.282 e. The molecule has 0 bridgehead atoms. The van der Waals surface area contributed by atoms with E-state index < -0.39 is 10.0 Å². The summed E-state index contributed by atoms with van der Waals surface area (Å²) in [7, 11) is -1.63. The molecule has 156 valence electrons. The molecule has 1 unspecified atom stereocenters. The number of nitrogens with zero attached hydrogens (tertiary/aromatic N) is 1. The van der Waals surface area contributed by atoms with Crippen molar-refractivity contribution < 1.29 is 22.8 Å². The molecule has 1 amide bonds. The van der Waals surface area contributed by atoms with Gasteiger partial charge >= 0.3 is 0 Å². The van der Waals surface area contributed by atoms with Crippen LogP contribution in [0.1, 0.15) is 12.5 Å². The lowest BCUT2D eigenvalue weighted by atomic mass is 10.2. The highest BCUT2D eigenvalue weighted by Gasteiger charge is 2.27. The lowest BCUT2D eigenvalue weighted by Gasteiger charge is -2.26. The number of likely N-dealkylation sites (N-methyl/N-ethyl adjacent to an activating group) is 1. The molecule has 1 saturated heterocycles. The van der Waals surface area contributed by atoms with Crippen LogP contribution in [-0.2, 0) is 26.1 Å². The highest BCUT2D eigenvalue weighted by Crippen LogP contribution is 2.20. The molecule has 8 heteroatoms. The normalized spacial score (nSPS) is 17.4. The Morgan fingerprint density at radius 1 is 1.14 bits per heavy atom. The first-order chi connectivity index (χ1) is 13.9. The molecule has 2 aromatic carbocycles. The predicted molar refractivity (Wildman–Crippen MR) is 111 cm³/mol. The Labute approximate surface area is 172 Å². The summed E-state index contributed by atoms with van der Waals surface area (Å²) in [4.78, 5) is 13.9. The summed E-state index contributed by atoms with van der Waals surface area (Å²) in [5, 5.41) is 2.86. The summed E-state index contributed by atoms with van der Waals surface area (Å²) in [6.45, 7) is 4.05. The molecule has 1 fully saturated rings. The Bertz CT molecular complexity index is 928. The fraction of sp³-hybridized carbons (Fsp3) is 0.381. The van der Waals surface area contributed by atoms with Crippen molar-refractivity contribution in [3.8, 4) is 0 Å². The van der Waals surface area contributed by atoms with Crippen LogP contribution >= 0.6 is 0 Å². The number of amides is 1. The van der Waals surface area contributed by atoms with Crippen LogP contribution in [0.4, 0.5) is 5.69 Å². The number of quaternary nitrogens is 1. The molecule has 1 aliphatic rings. The number of hydrogen-bond donors (Lipinski definition) is 2. The van der Waals surface area contributed by atoms with Crippen LogP contribution in [-0.4, -0.2) is 58.0 Å². The van der Waals surface area contributed by atoms with Crippen molar-refractivity contribution in [1.29, 1.82) is 0 Å². The standard InChI is InChI=1S/C21H27N3O4S/c1-17(23(2)16-18-7-4-3-5-8-18)21(25)22-19-9-6-10-20(15-19)29(26,27)24-11-13-28-14-12-24/h3-10,15,17H,11-14,16H2,1-2H3,(H,22,25)/p+1/t17-/m0/s1. The molecule has 7 nitrogen and oxygen atoms in total. The predicted octanol–water partition coefficient (Wildman–Crippen LogP) is 0.749. The number of carbonyl (C=O) groups is 1. The van der Waals surface area contributed by atoms with Gasteiger partial charge in [-0.15, -0.1) is 0 Å². The van der Waals surface area contributed by atoms with E-state index in [-0.39, 0.29) is 16.8 Å². The number of ether oxygens (including phenoxy) is 1. The fourth-order valence-corrected chi connectivity index (χ4v) is 4.67. The third-order valence-electron chi connectivity index (χ3n) is 5.17. The van der Waals surface area contributed by atoms with E-state index in [1.54, 1.807) is 18.2 Å². The first-order valence-corrected chi connectivity index (χ1v) is 11.2. The lowest BCUT2D eigenvalue weighted by Crippen LogP contribution is -3.12. The van der Waals surface area contributed by atoms with E-state index in [0.717, 1.165) is 17.0 Å². The summed E-state index contributed by atoms with van der Waals surface area (Å²) in [5.41, 5.74) is 1.63. The summed E-state index contributed by atoms with van der Waals surface area (Å²) < 4.78 is 32.3. The van der Waals surface area contributed by atoms with Crippen LogP contribution in [0.15, 0.2) is 59.5 Å². The van der Waals surface area contributed by atoms with Crippen LogP contribution in [0, 0.1) is 0 Å². The molecule has 1 heterocycles. The number of carbonyl (C=O) groups excluding carboxylic acids is 1. The Morgan fingerprint density at radius 2 is 1.83 bits per heavy atom. The van der Waals surface area contributed by atoms with E-state index >= 15 is 0 Å². The highest BCUT2D eigenvalue weighted by molar-refractivity contribution is 7.89. The Hall–Kier alpha value is -2.26. The summed E-state index contributed by atoms with van der Waals surface area (Å²) in [5.74, 6) is -0.153. The van der Waals surface area contributed by atoms with Crippen molar-refractivity contribution in [3.05, 3.63) is 60.2 Å². The van der Waals surface area contributed by atoms with Crippen molar-refractivity contribution >= 4 is 21.6 Å². The van der Waals surface area contributed by atoms with Gasteiger partial charge in [-0.3, -0.25) is 4.79 Å². The van der Waals surface area contributed by atoms with E-state index in [4.69, 9.17) is 4.74 Å². The largest absolute Gasteiger partial charge is 0.379 e. The van der Waals surface area contributed by atoms with Gasteiger partial charge in [-0.25, -0.2) is 8.42 Å². The van der Waals surface area contributed by atoms with Crippen molar-refractivity contribution in [2.24, 2.45) is 0 Å². The van der Waals surface area contributed by atoms with Crippen molar-refractivity contribution in [3.63, 3.8) is 0 Å². The summed E-state index contributed by atoms with van der Waals surface area (Å²) in [6, 6.07) is 16.1. The minimum atomic E-state index is -3.60. The molecule has 2 N–H and O–H groups in total. The van der Waals surface area contributed by atoms with Gasteiger partial charge in [0.05, 0.1) is 25.2 Å². The van der Waals surface area contributed by atoms with Gasteiger partial charge in [0.15, 0.2) is 6.04 Å². The number of nitrogens with one attached hydrogen (secondary N) is 2. The van der Waals surface area contributed by atoms with Crippen molar-refractivity contribution in [1.82, 2.24) is 4.31 Å². The second kappa shape index (κ2) is 9.49. The Balaban J connectivity index is 1.66. The molecule has 0 radical (unpaired) electrons. The first-order valence-electron chi connectivity index (χ1n) is 9.73. The SMILES string of the molecule is C[C@@H](C(=O)Nc1cccc(S(=O)(=O)N2CCOCC2)c1)[NH+](C)Cc1ccccc1. The van der Waals surface area contributed by atoms with Crippen LogP contribution in [0.3, 0.4) is 0 Å². The molecule has 0 aromatic heterocycles. The lowest BCUT2D eigenvalue weighted by molar-refractivity contribution is -0.907. The minimum Gasteiger partial charge on any atom is -0.379 e. The third-order valence-corrected chi connectivity index (χ3v) is 7.06. The van der Waals surface area contributed by atoms with Crippen LogP contribution in [0.5, 0.6) is 0 Å². The maximum absolute atomic E-state index is 12.8. The van der Waals surface area contributed by atoms with Crippen LogP contribution in [0.25, 0.3) is 0 Å². The highest BCUT2D eigenvalue weighted by atomic mass is 32.2. The number of anilines is 1. The molecule has 2 atom stereocenters. The number of morpholine rings is 1. The molecule has 2 aromatic rings. The monoisotopic (exact) mass is 418 g/mol. The molecule has 0 saturated carbocycles. The maximum atomic E-state index is 12.8. The molecule has 1 aliphatic heterocycles. The Morgan fingerprint density at radius 3 is 2.52 bits per heavy atom. The first kappa shape index (κ1) is 21.4. The molecule has 29 heavy (non-hydrogen) atoms. The molecular formula is C21H28N3O4S+. The zero-order valence-electron chi connectivity index (χ0n) is 16.8. The van der Waals surface area contributed by atoms with Crippen LogP contribution < -0.4 is 10.2 Å². The van der Waals surface area contributed by atoms with Crippen molar-refractivity contribution in [2.75, 3.05) is 38.7 Å². The molecule has 0 aliphatic carbocycles. The van der Waals surface area contributed by atoms with E-state index in [9.17, 15) is 13.2 Å². The summed E-state index contributed by atoms with van der Waals surface area (Å²) in [6.07, 6.45) is 0. The van der Waals surface area contributed by atoms with Crippen molar-refractivity contribution in [2.45, 2.75) is 24.4 Å². The quantitative estimate of drug-likeness (QED) is 0.696. The van der Waals surface area contributed by atoms with E-state index in [1.165, 1.54) is 10.4 Å². The molecular weight excluding hydrogens is 390 g/mol. The number of hydrogen-bond acceptors (Lipinski definition) is 4.